The van der Waals surface area contributed by atoms with Crippen molar-refractivity contribution >= 4 is 5.97 Å². The summed E-state index contributed by atoms with van der Waals surface area (Å²) in [6, 6.07) is 4.13. The lowest BCUT2D eigenvalue weighted by atomic mass is 9.85. The normalized spacial score (nSPS) is 21.9. The van der Waals surface area contributed by atoms with Gasteiger partial charge in [0.05, 0.1) is 6.61 Å². The highest BCUT2D eigenvalue weighted by Gasteiger charge is 2.31. The summed E-state index contributed by atoms with van der Waals surface area (Å²) in [6.45, 7) is 6.16. The first kappa shape index (κ1) is 14.9. The number of aromatic hydroxyl groups is 1. The molecule has 1 aliphatic rings. The lowest BCUT2D eigenvalue weighted by Gasteiger charge is -2.20. The maximum Gasteiger partial charge on any atom is 0.306 e. The molecule has 3 nitrogen and oxygen atoms in total. The summed E-state index contributed by atoms with van der Waals surface area (Å²) >= 11 is 0. The van der Waals surface area contributed by atoms with Crippen molar-refractivity contribution in [2.45, 2.75) is 52.4 Å². The molecule has 1 fully saturated rings. The number of phenols is 1. The zero-order valence-corrected chi connectivity index (χ0v) is 12.6. The fourth-order valence-electron chi connectivity index (χ4n) is 3.36. The van der Waals surface area contributed by atoms with Gasteiger partial charge in [0.1, 0.15) is 5.75 Å². The Hall–Kier alpha value is -1.51. The molecule has 0 heterocycles. The highest BCUT2D eigenvalue weighted by molar-refractivity contribution is 5.69. The number of rotatable bonds is 4. The number of phenolic OH excluding ortho intramolecular Hbond substituents is 1. The molecule has 0 aromatic heterocycles. The van der Waals surface area contributed by atoms with Gasteiger partial charge in [0, 0.05) is 6.42 Å². The van der Waals surface area contributed by atoms with Gasteiger partial charge in [-0.2, -0.15) is 0 Å². The maximum atomic E-state index is 11.7. The van der Waals surface area contributed by atoms with Gasteiger partial charge in [0.15, 0.2) is 0 Å². The van der Waals surface area contributed by atoms with Crippen LogP contribution in [-0.2, 0) is 9.53 Å². The van der Waals surface area contributed by atoms with Crippen molar-refractivity contribution in [2.75, 3.05) is 6.61 Å². The standard InChI is InChI=1S/C17H24O3/c1-4-20-16(18)10-13-6-5-7-15(13)14-8-11(2)17(19)12(3)9-14/h8-9,13,15,19H,4-7,10H2,1-3H3/t13-,15-/m1/s1. The number of hydrogen-bond donors (Lipinski definition) is 1. The number of ether oxygens (including phenoxy) is 1. The molecule has 2 rings (SSSR count). The monoisotopic (exact) mass is 276 g/mol. The van der Waals surface area contributed by atoms with Crippen LogP contribution in [0, 0.1) is 19.8 Å². The van der Waals surface area contributed by atoms with Crippen LogP contribution in [0.2, 0.25) is 0 Å². The second kappa shape index (κ2) is 6.29. The van der Waals surface area contributed by atoms with Crippen molar-refractivity contribution in [2.24, 2.45) is 5.92 Å². The van der Waals surface area contributed by atoms with E-state index in [4.69, 9.17) is 4.74 Å². The van der Waals surface area contributed by atoms with Crippen molar-refractivity contribution in [3.63, 3.8) is 0 Å². The van der Waals surface area contributed by atoms with Crippen LogP contribution in [0.5, 0.6) is 5.75 Å². The number of hydrogen-bond acceptors (Lipinski definition) is 3. The van der Waals surface area contributed by atoms with Gasteiger partial charge in [0.2, 0.25) is 0 Å². The summed E-state index contributed by atoms with van der Waals surface area (Å²) in [7, 11) is 0. The quantitative estimate of drug-likeness (QED) is 0.850. The zero-order valence-electron chi connectivity index (χ0n) is 12.6. The summed E-state index contributed by atoms with van der Waals surface area (Å²) < 4.78 is 5.08. The predicted octanol–water partition coefficient (Wildman–Crippen LogP) is 3.85. The third kappa shape index (κ3) is 3.14. The van der Waals surface area contributed by atoms with E-state index in [-0.39, 0.29) is 5.97 Å². The fraction of sp³-hybridized carbons (Fsp3) is 0.588. The van der Waals surface area contributed by atoms with Crippen molar-refractivity contribution in [3.05, 3.63) is 28.8 Å². The molecular weight excluding hydrogens is 252 g/mol. The van der Waals surface area contributed by atoms with E-state index in [0.29, 0.717) is 30.6 Å². The Morgan fingerprint density at radius 1 is 1.30 bits per heavy atom. The molecular formula is C17H24O3. The van der Waals surface area contributed by atoms with Crippen LogP contribution >= 0.6 is 0 Å². The number of carbonyl (C=O) groups is 1. The van der Waals surface area contributed by atoms with Crippen LogP contribution in [0.25, 0.3) is 0 Å². The van der Waals surface area contributed by atoms with E-state index < -0.39 is 0 Å². The molecule has 0 saturated heterocycles. The van der Waals surface area contributed by atoms with Crippen LogP contribution < -0.4 is 0 Å². The number of carbonyl (C=O) groups excluding carboxylic acids is 1. The second-order valence-corrected chi connectivity index (χ2v) is 5.81. The lowest BCUT2D eigenvalue weighted by Crippen LogP contribution is -2.14. The van der Waals surface area contributed by atoms with Gasteiger partial charge in [-0.25, -0.2) is 0 Å². The first-order valence-corrected chi connectivity index (χ1v) is 7.48. The molecule has 110 valence electrons. The Morgan fingerprint density at radius 2 is 1.95 bits per heavy atom. The van der Waals surface area contributed by atoms with Crippen LogP contribution in [0.3, 0.4) is 0 Å². The first-order chi connectivity index (χ1) is 9.52. The molecule has 2 atom stereocenters. The molecule has 1 aliphatic carbocycles. The molecule has 1 N–H and O–H groups in total. The first-order valence-electron chi connectivity index (χ1n) is 7.48. The minimum Gasteiger partial charge on any atom is -0.507 e. The SMILES string of the molecule is CCOC(=O)C[C@H]1CCC[C@H]1c1cc(C)c(O)c(C)c1. The smallest absolute Gasteiger partial charge is 0.306 e. The van der Waals surface area contributed by atoms with Gasteiger partial charge in [-0.1, -0.05) is 18.6 Å². The molecule has 20 heavy (non-hydrogen) atoms. The Kier molecular flexibility index (Phi) is 4.69. The molecule has 0 spiro atoms. The van der Waals surface area contributed by atoms with Crippen LogP contribution in [0.15, 0.2) is 12.1 Å². The Balaban J connectivity index is 2.16. The van der Waals surface area contributed by atoms with E-state index in [1.807, 2.05) is 20.8 Å². The summed E-state index contributed by atoms with van der Waals surface area (Å²) in [6.07, 6.45) is 3.88. The van der Waals surface area contributed by atoms with E-state index in [1.54, 1.807) is 0 Å². The van der Waals surface area contributed by atoms with Crippen LogP contribution in [0.1, 0.15) is 55.2 Å². The largest absolute Gasteiger partial charge is 0.507 e. The molecule has 1 aromatic rings. The van der Waals surface area contributed by atoms with E-state index in [2.05, 4.69) is 12.1 Å². The number of esters is 1. The third-order valence-electron chi connectivity index (χ3n) is 4.33. The molecule has 0 amide bonds. The topological polar surface area (TPSA) is 46.5 Å². The third-order valence-corrected chi connectivity index (χ3v) is 4.33. The number of aryl methyl sites for hydroxylation is 2. The van der Waals surface area contributed by atoms with E-state index in [0.717, 1.165) is 30.4 Å². The van der Waals surface area contributed by atoms with Gasteiger partial charge in [-0.15, -0.1) is 0 Å². The van der Waals surface area contributed by atoms with Crippen molar-refractivity contribution < 1.29 is 14.6 Å². The fourth-order valence-corrected chi connectivity index (χ4v) is 3.36. The molecule has 0 unspecified atom stereocenters. The predicted molar refractivity (Wildman–Crippen MR) is 78.9 cm³/mol. The average Bonchev–Trinajstić information content (AvgIpc) is 2.83. The molecule has 3 heteroatoms. The number of benzene rings is 1. The van der Waals surface area contributed by atoms with Gasteiger partial charge in [-0.05, 0) is 62.1 Å². The van der Waals surface area contributed by atoms with Crippen molar-refractivity contribution in [1.82, 2.24) is 0 Å². The molecule has 0 radical (unpaired) electrons. The van der Waals surface area contributed by atoms with E-state index >= 15 is 0 Å². The van der Waals surface area contributed by atoms with Crippen LogP contribution in [-0.4, -0.2) is 17.7 Å². The Labute approximate surface area is 121 Å². The second-order valence-electron chi connectivity index (χ2n) is 5.81. The minimum atomic E-state index is -0.0865. The Morgan fingerprint density at radius 3 is 2.55 bits per heavy atom. The van der Waals surface area contributed by atoms with E-state index in [9.17, 15) is 9.90 Å². The average molecular weight is 276 g/mol. The van der Waals surface area contributed by atoms with E-state index in [1.165, 1.54) is 5.56 Å². The summed E-state index contributed by atoms with van der Waals surface area (Å²) in [5, 5.41) is 9.88. The summed E-state index contributed by atoms with van der Waals surface area (Å²) in [5.74, 6) is 1.08. The zero-order chi connectivity index (χ0) is 14.7. The van der Waals surface area contributed by atoms with Gasteiger partial charge < -0.3 is 9.84 Å². The highest BCUT2D eigenvalue weighted by atomic mass is 16.5. The molecule has 0 bridgehead atoms. The Bertz CT molecular complexity index is 470. The molecule has 0 aliphatic heterocycles. The van der Waals surface area contributed by atoms with Gasteiger partial charge in [-0.3, -0.25) is 4.79 Å². The lowest BCUT2D eigenvalue weighted by molar-refractivity contribution is -0.144. The van der Waals surface area contributed by atoms with Gasteiger partial charge >= 0.3 is 5.97 Å². The molecule has 1 saturated carbocycles. The van der Waals surface area contributed by atoms with Crippen molar-refractivity contribution in [3.8, 4) is 5.75 Å². The summed E-state index contributed by atoms with van der Waals surface area (Å²) in [4.78, 5) is 11.7. The minimum absolute atomic E-state index is 0.0865. The van der Waals surface area contributed by atoms with Crippen LogP contribution in [0.4, 0.5) is 0 Å². The van der Waals surface area contributed by atoms with Gasteiger partial charge in [0.25, 0.3) is 0 Å². The van der Waals surface area contributed by atoms with Crippen molar-refractivity contribution in [1.29, 1.82) is 0 Å². The highest BCUT2D eigenvalue weighted by Crippen LogP contribution is 2.43. The maximum absolute atomic E-state index is 11.7. The molecule has 1 aromatic carbocycles. The summed E-state index contributed by atoms with van der Waals surface area (Å²) in [5.41, 5.74) is 3.09.